The summed E-state index contributed by atoms with van der Waals surface area (Å²) in [6.45, 7) is 3.60. The molecule has 0 spiro atoms. The van der Waals surface area contributed by atoms with Crippen molar-refractivity contribution in [3.63, 3.8) is 0 Å². The minimum Gasteiger partial charge on any atom is -0.478 e. The molecule has 0 aliphatic rings. The van der Waals surface area contributed by atoms with Gasteiger partial charge in [-0.15, -0.1) is 10.2 Å². The van der Waals surface area contributed by atoms with Gasteiger partial charge in [0.15, 0.2) is 5.82 Å². The molecule has 2 heterocycles. The number of aryl methyl sites for hydroxylation is 3. The van der Waals surface area contributed by atoms with Crippen molar-refractivity contribution in [2.75, 3.05) is 0 Å². The first-order valence-electron chi connectivity index (χ1n) is 5.54. The number of tetrazole rings is 1. The van der Waals surface area contributed by atoms with Gasteiger partial charge in [0.05, 0.1) is 18.4 Å². The first-order chi connectivity index (χ1) is 8.97. The van der Waals surface area contributed by atoms with E-state index in [2.05, 4.69) is 20.4 Å². The van der Waals surface area contributed by atoms with Crippen LogP contribution in [0.25, 0.3) is 0 Å². The van der Waals surface area contributed by atoms with Crippen molar-refractivity contribution in [3.8, 4) is 0 Å². The molecule has 8 heteroatoms. The van der Waals surface area contributed by atoms with Gasteiger partial charge in [-0.05, 0) is 30.7 Å². The average molecular weight is 279 g/mol. The lowest BCUT2D eigenvalue weighted by Gasteiger charge is -2.08. The van der Waals surface area contributed by atoms with Gasteiger partial charge in [0, 0.05) is 5.69 Å². The van der Waals surface area contributed by atoms with Crippen LogP contribution in [0.2, 0.25) is 0 Å². The van der Waals surface area contributed by atoms with Gasteiger partial charge in [0.25, 0.3) is 0 Å². The van der Waals surface area contributed by atoms with Gasteiger partial charge < -0.3 is 5.11 Å². The second-order valence-electron chi connectivity index (χ2n) is 4.05. The number of hydrogen-bond acceptors (Lipinski definition) is 6. The number of hydrogen-bond donors (Lipinski definition) is 1. The van der Waals surface area contributed by atoms with Crippen LogP contribution in [0.5, 0.6) is 0 Å². The Morgan fingerprint density at radius 2 is 2.21 bits per heavy atom. The van der Waals surface area contributed by atoms with E-state index in [1.807, 2.05) is 6.92 Å². The summed E-state index contributed by atoms with van der Waals surface area (Å²) in [7, 11) is 1.68. The Bertz CT molecular complexity index is 626. The number of thioether (sulfide) groups is 1. The van der Waals surface area contributed by atoms with Crippen LogP contribution in [-0.2, 0) is 12.8 Å². The van der Waals surface area contributed by atoms with Crippen molar-refractivity contribution < 1.29 is 9.90 Å². The molecule has 0 atom stereocenters. The highest BCUT2D eigenvalue weighted by Crippen LogP contribution is 2.26. The zero-order valence-electron chi connectivity index (χ0n) is 10.8. The molecule has 0 fully saturated rings. The number of carboxylic acids is 1. The Morgan fingerprint density at radius 1 is 1.47 bits per heavy atom. The molecule has 0 bridgehead atoms. The zero-order valence-corrected chi connectivity index (χ0v) is 11.6. The van der Waals surface area contributed by atoms with Crippen LogP contribution in [0.4, 0.5) is 0 Å². The third-order valence-electron chi connectivity index (χ3n) is 2.41. The Kier molecular flexibility index (Phi) is 3.79. The maximum atomic E-state index is 11.3. The molecule has 100 valence electrons. The number of carbonyl (C=O) groups is 1. The lowest BCUT2D eigenvalue weighted by atomic mass is 10.1. The summed E-state index contributed by atoms with van der Waals surface area (Å²) in [5.41, 5.74) is 1.73. The summed E-state index contributed by atoms with van der Waals surface area (Å²) in [6.07, 6.45) is 0. The van der Waals surface area contributed by atoms with Crippen LogP contribution in [0.1, 0.15) is 27.4 Å². The van der Waals surface area contributed by atoms with Gasteiger partial charge in [-0.3, -0.25) is 0 Å². The van der Waals surface area contributed by atoms with E-state index in [-0.39, 0.29) is 5.56 Å². The average Bonchev–Trinajstić information content (AvgIpc) is 2.71. The Hall–Kier alpha value is -1.96. The minimum atomic E-state index is -0.973. The zero-order chi connectivity index (χ0) is 14.0. The van der Waals surface area contributed by atoms with E-state index in [0.717, 1.165) is 5.69 Å². The Morgan fingerprint density at radius 3 is 2.79 bits per heavy atom. The molecular weight excluding hydrogens is 266 g/mol. The van der Waals surface area contributed by atoms with Crippen molar-refractivity contribution in [2.24, 2.45) is 7.05 Å². The first-order valence-corrected chi connectivity index (χ1v) is 6.53. The molecule has 2 rings (SSSR count). The van der Waals surface area contributed by atoms with Gasteiger partial charge in [-0.1, -0.05) is 11.8 Å². The molecule has 0 unspecified atom stereocenters. The number of carboxylic acid groups (broad SMARTS) is 1. The van der Waals surface area contributed by atoms with Crippen LogP contribution in [0.15, 0.2) is 11.1 Å². The fourth-order valence-corrected chi connectivity index (χ4v) is 2.66. The van der Waals surface area contributed by atoms with Crippen molar-refractivity contribution in [3.05, 3.63) is 28.7 Å². The largest absolute Gasteiger partial charge is 0.478 e. The van der Waals surface area contributed by atoms with Crippen molar-refractivity contribution >= 4 is 17.7 Å². The third-order valence-corrected chi connectivity index (χ3v) is 3.38. The Balaban J connectivity index is 2.26. The van der Waals surface area contributed by atoms with Crippen molar-refractivity contribution in [1.29, 1.82) is 0 Å². The monoisotopic (exact) mass is 279 g/mol. The lowest BCUT2D eigenvalue weighted by Crippen LogP contribution is -2.05. The molecule has 2 aromatic rings. The molecule has 0 aromatic carbocycles. The highest BCUT2D eigenvalue weighted by Gasteiger charge is 2.16. The maximum Gasteiger partial charge on any atom is 0.338 e. The minimum absolute atomic E-state index is 0.236. The molecule has 0 amide bonds. The summed E-state index contributed by atoms with van der Waals surface area (Å²) in [6, 6.07) is 1.76. The van der Waals surface area contributed by atoms with Crippen LogP contribution in [-0.4, -0.2) is 36.3 Å². The van der Waals surface area contributed by atoms with Gasteiger partial charge in [0.1, 0.15) is 5.03 Å². The van der Waals surface area contributed by atoms with Gasteiger partial charge in [-0.25, -0.2) is 9.78 Å². The molecule has 7 nitrogen and oxygen atoms in total. The predicted molar refractivity (Wildman–Crippen MR) is 69.0 cm³/mol. The van der Waals surface area contributed by atoms with Crippen LogP contribution in [0, 0.1) is 13.8 Å². The fraction of sp³-hybridized carbons (Fsp3) is 0.364. The number of aromatic carboxylic acids is 1. The third kappa shape index (κ3) is 3.08. The smallest absolute Gasteiger partial charge is 0.338 e. The molecule has 1 N–H and O–H groups in total. The molecule has 2 aromatic heterocycles. The maximum absolute atomic E-state index is 11.3. The van der Waals surface area contributed by atoms with E-state index in [0.29, 0.717) is 22.2 Å². The van der Waals surface area contributed by atoms with E-state index < -0.39 is 5.97 Å². The van der Waals surface area contributed by atoms with Crippen LogP contribution in [0.3, 0.4) is 0 Å². The molecular formula is C11H13N5O2S. The van der Waals surface area contributed by atoms with Crippen LogP contribution < -0.4 is 0 Å². The second-order valence-corrected chi connectivity index (χ2v) is 5.01. The summed E-state index contributed by atoms with van der Waals surface area (Å²) >= 11 is 1.30. The van der Waals surface area contributed by atoms with Gasteiger partial charge >= 0.3 is 5.97 Å². The SMILES string of the molecule is Cc1cc(C)c(C(=O)O)c(SCc2nnn(C)n2)n1. The van der Waals surface area contributed by atoms with E-state index >= 15 is 0 Å². The highest BCUT2D eigenvalue weighted by atomic mass is 32.2. The number of aromatic nitrogens is 5. The first kappa shape index (κ1) is 13.5. The summed E-state index contributed by atoms with van der Waals surface area (Å²) in [5.74, 6) is 0.00806. The lowest BCUT2D eigenvalue weighted by molar-refractivity contribution is 0.0691. The van der Waals surface area contributed by atoms with Gasteiger partial charge in [0.2, 0.25) is 0 Å². The number of pyridine rings is 1. The predicted octanol–water partition coefficient (Wildman–Crippen LogP) is 1.21. The molecule has 0 saturated carbocycles. The number of nitrogens with zero attached hydrogens (tertiary/aromatic N) is 5. The highest BCUT2D eigenvalue weighted by molar-refractivity contribution is 7.98. The van der Waals surface area contributed by atoms with E-state index in [9.17, 15) is 9.90 Å². The summed E-state index contributed by atoms with van der Waals surface area (Å²) in [5, 5.41) is 21.3. The van der Waals surface area contributed by atoms with Crippen LogP contribution >= 0.6 is 11.8 Å². The topological polar surface area (TPSA) is 93.8 Å². The quantitative estimate of drug-likeness (QED) is 0.841. The molecule has 0 saturated heterocycles. The Labute approximate surface area is 114 Å². The second kappa shape index (κ2) is 5.35. The van der Waals surface area contributed by atoms with E-state index in [1.54, 1.807) is 20.0 Å². The number of rotatable bonds is 4. The summed E-state index contributed by atoms with van der Waals surface area (Å²) in [4.78, 5) is 16.9. The summed E-state index contributed by atoms with van der Waals surface area (Å²) < 4.78 is 0. The van der Waals surface area contributed by atoms with Crippen molar-refractivity contribution in [1.82, 2.24) is 25.2 Å². The van der Waals surface area contributed by atoms with Crippen molar-refractivity contribution in [2.45, 2.75) is 24.6 Å². The standard InChI is InChI=1S/C11H13N5O2S/c1-6-4-7(2)12-10(9(6)11(17)18)19-5-8-13-15-16(3)14-8/h4H,5H2,1-3H3,(H,17,18). The normalized spacial score (nSPS) is 10.7. The molecule has 0 aliphatic heterocycles. The molecule has 0 radical (unpaired) electrons. The van der Waals surface area contributed by atoms with E-state index in [1.165, 1.54) is 16.6 Å². The molecule has 19 heavy (non-hydrogen) atoms. The fourth-order valence-electron chi connectivity index (χ4n) is 1.68. The van der Waals surface area contributed by atoms with Gasteiger partial charge in [-0.2, -0.15) is 4.80 Å². The van der Waals surface area contributed by atoms with E-state index in [4.69, 9.17) is 0 Å². The molecule has 0 aliphatic carbocycles.